The Morgan fingerprint density at radius 3 is 2.39 bits per heavy atom. The van der Waals surface area contributed by atoms with Gasteiger partial charge in [0.2, 0.25) is 0 Å². The van der Waals surface area contributed by atoms with Crippen molar-refractivity contribution < 1.29 is 9.53 Å². The molecule has 2 aromatic carbocycles. The lowest BCUT2D eigenvalue weighted by Crippen LogP contribution is -2.21. The van der Waals surface area contributed by atoms with E-state index < -0.39 is 0 Å². The third kappa shape index (κ3) is 7.84. The highest BCUT2D eigenvalue weighted by Crippen LogP contribution is 2.43. The van der Waals surface area contributed by atoms with Gasteiger partial charge in [-0.05, 0) is 82.8 Å². The molecule has 0 fully saturated rings. The van der Waals surface area contributed by atoms with Crippen LogP contribution in [0.5, 0.6) is 5.75 Å². The monoisotopic (exact) mass is 482 g/mol. The molecule has 2 aromatic rings. The molecule has 0 bridgehead atoms. The van der Waals surface area contributed by atoms with E-state index >= 15 is 0 Å². The maximum absolute atomic E-state index is 12.8. The molecule has 0 aliphatic carbocycles. The number of thioether (sulfide) groups is 2. The molecule has 0 unspecified atom stereocenters. The highest BCUT2D eigenvalue weighted by atomic mass is 32.2. The van der Waals surface area contributed by atoms with Gasteiger partial charge in [-0.1, -0.05) is 54.4 Å². The summed E-state index contributed by atoms with van der Waals surface area (Å²) in [5.74, 6) is 0.667. The minimum Gasteiger partial charge on any atom is -0.496 e. The predicted octanol–water partition coefficient (Wildman–Crippen LogP) is 7.08. The molecule has 33 heavy (non-hydrogen) atoms. The lowest BCUT2D eigenvalue weighted by atomic mass is 10.1. The number of hydrogen-bond donors (Lipinski definition) is 1. The van der Waals surface area contributed by atoms with Crippen molar-refractivity contribution >= 4 is 35.0 Å². The van der Waals surface area contributed by atoms with Crippen molar-refractivity contribution in [3.05, 3.63) is 86.6 Å². The first-order valence-electron chi connectivity index (χ1n) is 10.6. The second-order valence-corrected chi connectivity index (χ2v) is 10.8. The van der Waals surface area contributed by atoms with Crippen molar-refractivity contribution in [3.63, 3.8) is 0 Å². The van der Waals surface area contributed by atoms with Crippen LogP contribution in [0.15, 0.2) is 69.3 Å². The number of carbonyl (C=O) groups is 1. The van der Waals surface area contributed by atoms with E-state index in [0.717, 1.165) is 49.3 Å². The molecule has 176 valence electrons. The fourth-order valence-corrected chi connectivity index (χ4v) is 5.22. The third-order valence-corrected chi connectivity index (χ3v) is 7.42. The molecule has 0 aliphatic rings. The number of rotatable bonds is 10. The molecular formula is C27H34N2O2S2. The van der Waals surface area contributed by atoms with Crippen LogP contribution < -0.4 is 10.1 Å². The number of nitrogens with zero attached hydrogens (tertiary/aromatic N) is 1. The van der Waals surface area contributed by atoms with Crippen LogP contribution in [0.3, 0.4) is 0 Å². The van der Waals surface area contributed by atoms with Crippen LogP contribution in [-0.2, 0) is 6.54 Å². The van der Waals surface area contributed by atoms with Crippen molar-refractivity contribution in [2.45, 2.75) is 39.1 Å². The molecular weight excluding hydrogens is 448 g/mol. The summed E-state index contributed by atoms with van der Waals surface area (Å²) in [5, 5.41) is 3.54. The second-order valence-electron chi connectivity index (χ2n) is 8.41. The number of ether oxygens (including phenoxy) is 1. The van der Waals surface area contributed by atoms with Gasteiger partial charge >= 0.3 is 0 Å². The van der Waals surface area contributed by atoms with Gasteiger partial charge in [0.15, 0.2) is 0 Å². The predicted molar refractivity (Wildman–Crippen MR) is 145 cm³/mol. The molecule has 4 nitrogen and oxygen atoms in total. The highest BCUT2D eigenvalue weighted by molar-refractivity contribution is 8.24. The molecule has 1 amide bonds. The standard InChI is InChI=1S/C27H34N2O2S2/c1-17(2)23-15-25(19(5)13-24(23)31-9)33-27(18(3)4)32-20(6)28-26(30)22-12-10-11-21(14-22)16-29(7)8/h10-15H,1,6,16H2,2-5,7-9H3,(H,28,30). The summed E-state index contributed by atoms with van der Waals surface area (Å²) in [7, 11) is 5.69. The number of aryl methyl sites for hydroxylation is 1. The van der Waals surface area contributed by atoms with E-state index in [1.807, 2.05) is 51.4 Å². The van der Waals surface area contributed by atoms with Crippen LogP contribution in [0.2, 0.25) is 0 Å². The Hall–Kier alpha value is -2.41. The number of carbonyl (C=O) groups excluding carboxylic acids is 1. The number of hydrogen-bond acceptors (Lipinski definition) is 5. The van der Waals surface area contributed by atoms with Gasteiger partial charge in [0.05, 0.1) is 12.1 Å². The molecule has 0 atom stereocenters. The van der Waals surface area contributed by atoms with Crippen LogP contribution in [0.1, 0.15) is 47.8 Å². The molecule has 0 saturated carbocycles. The number of amides is 1. The fourth-order valence-electron chi connectivity index (χ4n) is 3.11. The third-order valence-electron chi connectivity index (χ3n) is 4.72. The summed E-state index contributed by atoms with van der Waals surface area (Å²) in [4.78, 5) is 16.0. The average molecular weight is 483 g/mol. The smallest absolute Gasteiger partial charge is 0.256 e. The van der Waals surface area contributed by atoms with Gasteiger partial charge < -0.3 is 15.0 Å². The summed E-state index contributed by atoms with van der Waals surface area (Å²) in [6.07, 6.45) is 0. The molecule has 6 heteroatoms. The maximum Gasteiger partial charge on any atom is 0.256 e. The SMILES string of the molecule is C=C(NC(=O)c1cccc(CN(C)C)c1)SC(Sc1cc(C(=C)C)c(OC)cc1C)=C(C)C. The van der Waals surface area contributed by atoms with Crippen LogP contribution in [0.4, 0.5) is 0 Å². The van der Waals surface area contributed by atoms with Gasteiger partial charge in [0, 0.05) is 26.8 Å². The van der Waals surface area contributed by atoms with Gasteiger partial charge in [0.25, 0.3) is 5.91 Å². The quantitative estimate of drug-likeness (QED) is 0.367. The zero-order valence-electron chi connectivity index (χ0n) is 20.7. The normalized spacial score (nSPS) is 10.7. The Morgan fingerprint density at radius 2 is 1.82 bits per heavy atom. The van der Waals surface area contributed by atoms with E-state index in [2.05, 4.69) is 50.2 Å². The molecule has 0 aliphatic heterocycles. The maximum atomic E-state index is 12.8. The van der Waals surface area contributed by atoms with Gasteiger partial charge in [-0.2, -0.15) is 0 Å². The number of allylic oxidation sites excluding steroid dienone is 2. The molecule has 0 heterocycles. The van der Waals surface area contributed by atoms with E-state index in [9.17, 15) is 4.79 Å². The topological polar surface area (TPSA) is 41.6 Å². The van der Waals surface area contributed by atoms with E-state index in [1.165, 1.54) is 11.8 Å². The van der Waals surface area contributed by atoms with E-state index in [4.69, 9.17) is 4.74 Å². The summed E-state index contributed by atoms with van der Waals surface area (Å²) in [6, 6.07) is 11.8. The number of nitrogens with one attached hydrogen (secondary N) is 1. The lowest BCUT2D eigenvalue weighted by molar-refractivity contribution is 0.0969. The first-order valence-corrected chi connectivity index (χ1v) is 12.3. The minimum atomic E-state index is -0.156. The van der Waals surface area contributed by atoms with Crippen molar-refractivity contribution in [2.24, 2.45) is 0 Å². The van der Waals surface area contributed by atoms with Gasteiger partial charge in [0.1, 0.15) is 5.75 Å². The van der Waals surface area contributed by atoms with E-state index in [-0.39, 0.29) is 5.91 Å². The molecule has 0 radical (unpaired) electrons. The Bertz CT molecular complexity index is 1080. The van der Waals surface area contributed by atoms with Crippen molar-refractivity contribution in [1.29, 1.82) is 0 Å². The molecule has 0 saturated heterocycles. The Morgan fingerprint density at radius 1 is 1.12 bits per heavy atom. The van der Waals surface area contributed by atoms with E-state index in [0.29, 0.717) is 10.6 Å². The Labute approximate surface area is 207 Å². The average Bonchev–Trinajstić information content (AvgIpc) is 2.73. The summed E-state index contributed by atoms with van der Waals surface area (Å²) in [6.45, 7) is 17.1. The van der Waals surface area contributed by atoms with Crippen LogP contribution in [0.25, 0.3) is 5.57 Å². The molecule has 0 spiro atoms. The van der Waals surface area contributed by atoms with Crippen LogP contribution in [-0.4, -0.2) is 32.0 Å². The van der Waals surface area contributed by atoms with Gasteiger partial charge in [-0.25, -0.2) is 0 Å². The first-order chi connectivity index (χ1) is 15.5. The molecule has 1 N–H and O–H groups in total. The fraction of sp³-hybridized carbons (Fsp3) is 0.296. The summed E-state index contributed by atoms with van der Waals surface area (Å²) < 4.78 is 6.59. The minimum absolute atomic E-state index is 0.156. The van der Waals surface area contributed by atoms with Crippen molar-refractivity contribution in [2.75, 3.05) is 21.2 Å². The number of benzene rings is 2. The molecule has 2 rings (SSSR count). The lowest BCUT2D eigenvalue weighted by Gasteiger charge is -2.16. The highest BCUT2D eigenvalue weighted by Gasteiger charge is 2.15. The second kappa shape index (κ2) is 12.2. The van der Waals surface area contributed by atoms with Crippen molar-refractivity contribution in [1.82, 2.24) is 10.2 Å². The van der Waals surface area contributed by atoms with E-state index in [1.54, 1.807) is 18.9 Å². The van der Waals surface area contributed by atoms with Crippen LogP contribution in [0, 0.1) is 6.92 Å². The van der Waals surface area contributed by atoms with Crippen molar-refractivity contribution in [3.8, 4) is 5.75 Å². The zero-order valence-corrected chi connectivity index (χ0v) is 22.3. The summed E-state index contributed by atoms with van der Waals surface area (Å²) in [5.41, 5.74) is 5.94. The first kappa shape index (κ1) is 26.8. The van der Waals surface area contributed by atoms with Gasteiger partial charge in [-0.15, -0.1) is 0 Å². The van der Waals surface area contributed by atoms with Crippen LogP contribution >= 0.6 is 23.5 Å². The Balaban J connectivity index is 2.16. The Kier molecular flexibility index (Phi) is 9.89. The summed E-state index contributed by atoms with van der Waals surface area (Å²) >= 11 is 3.14. The number of methoxy groups -OCH3 is 1. The zero-order chi connectivity index (χ0) is 24.7. The molecule has 0 aromatic heterocycles. The van der Waals surface area contributed by atoms with Gasteiger partial charge in [-0.3, -0.25) is 4.79 Å². The largest absolute Gasteiger partial charge is 0.496 e.